The molecule has 3 fully saturated rings. The van der Waals surface area contributed by atoms with E-state index in [0.717, 1.165) is 5.56 Å². The van der Waals surface area contributed by atoms with Crippen LogP contribution in [0.3, 0.4) is 0 Å². The Labute approximate surface area is 218 Å². The van der Waals surface area contributed by atoms with Crippen LogP contribution in [-0.4, -0.2) is 52.2 Å². The van der Waals surface area contributed by atoms with Crippen molar-refractivity contribution in [2.24, 2.45) is 23.7 Å². The van der Waals surface area contributed by atoms with Crippen molar-refractivity contribution < 1.29 is 29.0 Å². The van der Waals surface area contributed by atoms with Gasteiger partial charge in [0.1, 0.15) is 6.10 Å². The van der Waals surface area contributed by atoms with Gasteiger partial charge in [-0.05, 0) is 56.1 Å². The molecule has 5 rings (SSSR count). The van der Waals surface area contributed by atoms with E-state index in [2.05, 4.69) is 19.2 Å². The van der Waals surface area contributed by atoms with Crippen molar-refractivity contribution in [1.29, 1.82) is 0 Å². The van der Waals surface area contributed by atoms with Gasteiger partial charge in [0, 0.05) is 18.4 Å². The van der Waals surface area contributed by atoms with E-state index < -0.39 is 29.2 Å². The number of aliphatic hydroxyl groups excluding tert-OH is 1. The molecule has 0 bridgehead atoms. The van der Waals surface area contributed by atoms with Gasteiger partial charge in [-0.25, -0.2) is 0 Å². The molecule has 198 valence electrons. The van der Waals surface area contributed by atoms with E-state index in [-0.39, 0.29) is 54.4 Å². The zero-order valence-corrected chi connectivity index (χ0v) is 22.0. The number of epoxide rings is 1. The molecule has 2 N–H and O–H groups in total. The number of ether oxygens (including phenoxy) is 2. The molecule has 2 saturated heterocycles. The van der Waals surface area contributed by atoms with Gasteiger partial charge in [-0.15, -0.1) is 0 Å². The maximum atomic E-state index is 13.9. The van der Waals surface area contributed by atoms with Crippen LogP contribution in [0.4, 0.5) is 0 Å². The number of fused-ring (bicyclic) bond motifs is 2. The molecule has 4 aliphatic rings. The zero-order chi connectivity index (χ0) is 26.5. The Morgan fingerprint density at radius 3 is 2.59 bits per heavy atom. The first-order valence-electron chi connectivity index (χ1n) is 13.4. The van der Waals surface area contributed by atoms with Crippen LogP contribution in [0.1, 0.15) is 52.5 Å². The number of Topliss-reactive ketones (excluding diaryl/α,β-unsaturated/α-hetero) is 1. The van der Waals surface area contributed by atoms with Gasteiger partial charge in [-0.2, -0.15) is 0 Å². The van der Waals surface area contributed by atoms with E-state index >= 15 is 0 Å². The highest BCUT2D eigenvalue weighted by Crippen LogP contribution is 2.63. The first kappa shape index (κ1) is 25.9. The number of hydrogen-bond donors (Lipinski definition) is 2. The van der Waals surface area contributed by atoms with Crippen LogP contribution in [0.5, 0.6) is 0 Å². The standard InChI is InChI=1S/C30H37NO6/c1-17-9-8-12-21-27-29(4,37-27)19(3)25-22(16-20-10-6-5-7-11-20)31-28(35)30(21,25)36-24(33)14-13-23(32)26(34)18(2)15-17/h5-8,10-12,15,17,19,21-23,25,27,32H,9,13-14,16H2,1-4H3,(H,31,35)/t17-,19-,21-,22-,23-,25-,27-,29+,30+/m0/s1. The van der Waals surface area contributed by atoms with Crippen LogP contribution in [0.25, 0.3) is 0 Å². The Morgan fingerprint density at radius 2 is 1.86 bits per heavy atom. The Kier molecular flexibility index (Phi) is 6.65. The summed E-state index contributed by atoms with van der Waals surface area (Å²) in [5.41, 5.74) is -0.245. The Hall–Kier alpha value is -2.77. The topological polar surface area (TPSA) is 105 Å². The number of carbonyl (C=O) groups is 3. The molecule has 0 aromatic heterocycles. The summed E-state index contributed by atoms with van der Waals surface area (Å²) in [6.45, 7) is 7.88. The monoisotopic (exact) mass is 507 g/mol. The molecule has 0 radical (unpaired) electrons. The first-order valence-corrected chi connectivity index (χ1v) is 13.4. The van der Waals surface area contributed by atoms with Crippen LogP contribution >= 0.6 is 0 Å². The molecular formula is C30H37NO6. The van der Waals surface area contributed by atoms with Crippen molar-refractivity contribution >= 4 is 17.7 Å². The van der Waals surface area contributed by atoms with Crippen LogP contribution in [-0.2, 0) is 30.3 Å². The summed E-state index contributed by atoms with van der Waals surface area (Å²) in [4.78, 5) is 39.7. The maximum Gasteiger partial charge on any atom is 0.306 e. The molecule has 1 spiro atoms. The van der Waals surface area contributed by atoms with Gasteiger partial charge in [-0.3, -0.25) is 14.4 Å². The quantitative estimate of drug-likeness (QED) is 0.362. The van der Waals surface area contributed by atoms with Crippen molar-refractivity contribution in [3.05, 3.63) is 59.7 Å². The molecule has 1 aromatic rings. The lowest BCUT2D eigenvalue weighted by atomic mass is 9.59. The van der Waals surface area contributed by atoms with Gasteiger partial charge >= 0.3 is 5.97 Å². The molecule has 0 unspecified atom stereocenters. The lowest BCUT2D eigenvalue weighted by molar-refractivity contribution is -0.182. The second-order valence-electron chi connectivity index (χ2n) is 11.5. The summed E-state index contributed by atoms with van der Waals surface area (Å²) in [6, 6.07) is 9.76. The van der Waals surface area contributed by atoms with Gasteiger partial charge in [0.2, 0.25) is 5.60 Å². The number of ketones is 1. The summed E-state index contributed by atoms with van der Waals surface area (Å²) in [5.74, 6) is -1.99. The molecule has 1 aromatic carbocycles. The predicted octanol–water partition coefficient (Wildman–Crippen LogP) is 3.30. The molecule has 3 heterocycles. The van der Waals surface area contributed by atoms with Crippen molar-refractivity contribution in [3.8, 4) is 0 Å². The van der Waals surface area contributed by atoms with Crippen LogP contribution < -0.4 is 5.32 Å². The minimum absolute atomic E-state index is 0.0434. The number of nitrogens with one attached hydrogen (secondary N) is 1. The average molecular weight is 508 g/mol. The van der Waals surface area contributed by atoms with Crippen LogP contribution in [0.15, 0.2) is 54.1 Å². The number of hydrogen-bond acceptors (Lipinski definition) is 6. The third kappa shape index (κ3) is 4.36. The zero-order valence-electron chi connectivity index (χ0n) is 22.0. The fourth-order valence-corrected chi connectivity index (χ4v) is 6.91. The minimum Gasteiger partial charge on any atom is -0.448 e. The molecule has 7 nitrogen and oxygen atoms in total. The summed E-state index contributed by atoms with van der Waals surface area (Å²) in [7, 11) is 0. The summed E-state index contributed by atoms with van der Waals surface area (Å²) >= 11 is 0. The molecule has 7 heteroatoms. The van der Waals surface area contributed by atoms with E-state index in [1.807, 2.05) is 55.5 Å². The number of esters is 1. The van der Waals surface area contributed by atoms with E-state index in [9.17, 15) is 19.5 Å². The van der Waals surface area contributed by atoms with Gasteiger partial charge in [0.15, 0.2) is 5.78 Å². The van der Waals surface area contributed by atoms with Crippen LogP contribution in [0, 0.1) is 23.7 Å². The third-order valence-electron chi connectivity index (χ3n) is 9.03. The fraction of sp³-hybridized carbons (Fsp3) is 0.567. The maximum absolute atomic E-state index is 13.9. The lowest BCUT2D eigenvalue weighted by Gasteiger charge is -2.46. The summed E-state index contributed by atoms with van der Waals surface area (Å²) in [5, 5.41) is 13.6. The highest BCUT2D eigenvalue weighted by molar-refractivity contribution is 5.98. The second kappa shape index (κ2) is 9.52. The SMILES string of the molecule is CC1=C[C@@H](C)CC=C[C@H]2[C@@H]3O[C@]3(C)[C@@H](C)[C@H]3[C@H](Cc4ccccc4)NC(=O)[C@]32OC(=O)CC[C@H](O)C1=O. The van der Waals surface area contributed by atoms with Crippen molar-refractivity contribution in [2.45, 2.75) is 82.8 Å². The molecule has 1 amide bonds. The van der Waals surface area contributed by atoms with E-state index in [0.29, 0.717) is 18.4 Å². The van der Waals surface area contributed by atoms with Crippen molar-refractivity contribution in [2.75, 3.05) is 0 Å². The summed E-state index contributed by atoms with van der Waals surface area (Å²) < 4.78 is 12.5. The average Bonchev–Trinajstić information content (AvgIpc) is 3.48. The van der Waals surface area contributed by atoms with Crippen molar-refractivity contribution in [3.63, 3.8) is 0 Å². The Balaban J connectivity index is 1.56. The van der Waals surface area contributed by atoms with Gasteiger partial charge < -0.3 is 19.9 Å². The lowest BCUT2D eigenvalue weighted by Crippen LogP contribution is -2.61. The van der Waals surface area contributed by atoms with E-state index in [4.69, 9.17) is 9.47 Å². The number of aliphatic hydroxyl groups is 1. The van der Waals surface area contributed by atoms with Crippen molar-refractivity contribution in [1.82, 2.24) is 5.32 Å². The second-order valence-corrected chi connectivity index (χ2v) is 11.5. The largest absolute Gasteiger partial charge is 0.448 e. The molecule has 9 atom stereocenters. The fourth-order valence-electron chi connectivity index (χ4n) is 6.91. The third-order valence-corrected chi connectivity index (χ3v) is 9.03. The van der Waals surface area contributed by atoms with E-state index in [1.165, 1.54) is 0 Å². The molecule has 37 heavy (non-hydrogen) atoms. The molecular weight excluding hydrogens is 470 g/mol. The Bertz CT molecular complexity index is 1140. The van der Waals surface area contributed by atoms with E-state index in [1.54, 1.807) is 6.92 Å². The Morgan fingerprint density at radius 1 is 1.14 bits per heavy atom. The van der Waals surface area contributed by atoms with Gasteiger partial charge in [-0.1, -0.05) is 62.4 Å². The first-order chi connectivity index (χ1) is 17.6. The number of amides is 1. The number of rotatable bonds is 2. The normalized spacial score (nSPS) is 41.9. The summed E-state index contributed by atoms with van der Waals surface area (Å²) in [6.07, 6.45) is 5.38. The number of benzene rings is 1. The van der Waals surface area contributed by atoms with Crippen LogP contribution in [0.2, 0.25) is 0 Å². The molecule has 1 aliphatic carbocycles. The smallest absolute Gasteiger partial charge is 0.306 e. The molecule has 1 saturated carbocycles. The van der Waals surface area contributed by atoms with Gasteiger partial charge in [0.05, 0.1) is 17.6 Å². The minimum atomic E-state index is -1.42. The molecule has 3 aliphatic heterocycles. The number of carbonyl (C=O) groups excluding carboxylic acids is 3. The number of allylic oxidation sites excluding steroid dienone is 2. The highest BCUT2D eigenvalue weighted by Gasteiger charge is 2.78. The predicted molar refractivity (Wildman–Crippen MR) is 137 cm³/mol. The van der Waals surface area contributed by atoms with Gasteiger partial charge in [0.25, 0.3) is 5.91 Å². The highest BCUT2D eigenvalue weighted by atomic mass is 16.6.